The van der Waals surface area contributed by atoms with Crippen molar-refractivity contribution in [2.24, 2.45) is 0 Å². The van der Waals surface area contributed by atoms with Gasteiger partial charge in [0.05, 0.1) is 7.11 Å². The van der Waals surface area contributed by atoms with Crippen LogP contribution in [0, 0.1) is 5.82 Å². The first-order chi connectivity index (χ1) is 12.4. The average Bonchev–Trinajstić information content (AvgIpc) is 2.64. The SMILES string of the molecule is COc1ccc(/C=C/C(=O)c2ccccc2N(C)CCN(C)C)c(F)c1. The minimum Gasteiger partial charge on any atom is -0.497 e. The van der Waals surface area contributed by atoms with Crippen molar-refractivity contribution in [3.05, 3.63) is 65.5 Å². The van der Waals surface area contributed by atoms with E-state index < -0.39 is 5.82 Å². The molecule has 0 aromatic heterocycles. The molecule has 4 nitrogen and oxygen atoms in total. The fourth-order valence-corrected chi connectivity index (χ4v) is 2.51. The molecule has 0 fully saturated rings. The van der Waals surface area contributed by atoms with Crippen molar-refractivity contribution in [1.82, 2.24) is 4.90 Å². The molecule has 2 aromatic rings. The smallest absolute Gasteiger partial charge is 0.187 e. The molecule has 0 spiro atoms. The second kappa shape index (κ2) is 9.15. The summed E-state index contributed by atoms with van der Waals surface area (Å²) >= 11 is 0. The first-order valence-corrected chi connectivity index (χ1v) is 8.43. The predicted molar refractivity (Wildman–Crippen MR) is 105 cm³/mol. The third-order valence-electron chi connectivity index (χ3n) is 4.09. The number of hydrogen-bond donors (Lipinski definition) is 0. The molecule has 0 N–H and O–H groups in total. The van der Waals surface area contributed by atoms with Gasteiger partial charge in [0.2, 0.25) is 0 Å². The summed E-state index contributed by atoms with van der Waals surface area (Å²) in [6, 6.07) is 12.0. The van der Waals surface area contributed by atoms with E-state index in [4.69, 9.17) is 4.74 Å². The van der Waals surface area contributed by atoms with Gasteiger partial charge in [-0.3, -0.25) is 4.79 Å². The van der Waals surface area contributed by atoms with Crippen molar-refractivity contribution in [3.8, 4) is 5.75 Å². The largest absolute Gasteiger partial charge is 0.497 e. The maximum Gasteiger partial charge on any atom is 0.187 e. The second-order valence-corrected chi connectivity index (χ2v) is 6.33. The lowest BCUT2D eigenvalue weighted by atomic mass is 10.1. The van der Waals surface area contributed by atoms with E-state index in [9.17, 15) is 9.18 Å². The molecule has 26 heavy (non-hydrogen) atoms. The van der Waals surface area contributed by atoms with E-state index in [0.717, 1.165) is 18.8 Å². The van der Waals surface area contributed by atoms with Crippen LogP contribution in [0.4, 0.5) is 10.1 Å². The van der Waals surface area contributed by atoms with E-state index in [1.807, 2.05) is 39.3 Å². The maximum atomic E-state index is 14.0. The second-order valence-electron chi connectivity index (χ2n) is 6.33. The fourth-order valence-electron chi connectivity index (χ4n) is 2.51. The van der Waals surface area contributed by atoms with Gasteiger partial charge in [-0.05, 0) is 50.5 Å². The van der Waals surface area contributed by atoms with Gasteiger partial charge in [0, 0.05) is 43.0 Å². The quantitative estimate of drug-likeness (QED) is 0.533. The first-order valence-electron chi connectivity index (χ1n) is 8.43. The van der Waals surface area contributed by atoms with E-state index in [1.165, 1.54) is 25.3 Å². The molecule has 0 aliphatic heterocycles. The number of ether oxygens (including phenoxy) is 1. The third kappa shape index (κ3) is 5.17. The Hall–Kier alpha value is -2.66. The highest BCUT2D eigenvalue weighted by Gasteiger charge is 2.12. The number of rotatable bonds is 8. The van der Waals surface area contributed by atoms with Crippen LogP contribution in [0.5, 0.6) is 5.75 Å². The van der Waals surface area contributed by atoms with Crippen LogP contribution in [-0.2, 0) is 0 Å². The summed E-state index contributed by atoms with van der Waals surface area (Å²) in [5.74, 6) is -0.142. The molecule has 0 aliphatic rings. The Kier molecular flexibility index (Phi) is 6.92. The number of nitrogens with zero attached hydrogens (tertiary/aromatic N) is 2. The maximum absolute atomic E-state index is 14.0. The van der Waals surface area contributed by atoms with Crippen molar-refractivity contribution in [2.45, 2.75) is 0 Å². The monoisotopic (exact) mass is 356 g/mol. The van der Waals surface area contributed by atoms with Crippen LogP contribution in [0.25, 0.3) is 6.08 Å². The van der Waals surface area contributed by atoms with Crippen molar-refractivity contribution in [1.29, 1.82) is 0 Å². The Bertz CT molecular complexity index is 787. The predicted octanol–water partition coefficient (Wildman–Crippen LogP) is 3.73. The summed E-state index contributed by atoms with van der Waals surface area (Å²) in [5.41, 5.74) is 1.80. The highest BCUT2D eigenvalue weighted by molar-refractivity contribution is 6.10. The molecule has 0 amide bonds. The molecular formula is C21H25FN2O2. The summed E-state index contributed by atoms with van der Waals surface area (Å²) in [4.78, 5) is 16.8. The van der Waals surface area contributed by atoms with Gasteiger partial charge >= 0.3 is 0 Å². The minimum absolute atomic E-state index is 0.160. The Morgan fingerprint density at radius 1 is 1.12 bits per heavy atom. The topological polar surface area (TPSA) is 32.8 Å². The van der Waals surface area contributed by atoms with Crippen LogP contribution in [0.15, 0.2) is 48.5 Å². The van der Waals surface area contributed by atoms with E-state index in [2.05, 4.69) is 9.80 Å². The van der Waals surface area contributed by atoms with Crippen LogP contribution in [0.2, 0.25) is 0 Å². The Morgan fingerprint density at radius 2 is 1.85 bits per heavy atom. The number of benzene rings is 2. The van der Waals surface area contributed by atoms with Gasteiger partial charge in [-0.2, -0.15) is 0 Å². The lowest BCUT2D eigenvalue weighted by molar-refractivity contribution is 0.104. The fraction of sp³-hybridized carbons (Fsp3) is 0.286. The Balaban J connectivity index is 2.19. The van der Waals surface area contributed by atoms with Crippen molar-refractivity contribution >= 4 is 17.5 Å². The summed E-state index contributed by atoms with van der Waals surface area (Å²) in [6.45, 7) is 1.68. The van der Waals surface area contributed by atoms with E-state index in [0.29, 0.717) is 16.9 Å². The number of halogens is 1. The van der Waals surface area contributed by atoms with Gasteiger partial charge in [-0.1, -0.05) is 12.1 Å². The van der Waals surface area contributed by atoms with Crippen LogP contribution in [-0.4, -0.2) is 52.0 Å². The molecular weight excluding hydrogens is 331 g/mol. The van der Waals surface area contributed by atoms with Gasteiger partial charge in [-0.15, -0.1) is 0 Å². The first kappa shape index (κ1) is 19.7. The number of ketones is 1. The van der Waals surface area contributed by atoms with E-state index in [-0.39, 0.29) is 5.78 Å². The van der Waals surface area contributed by atoms with E-state index >= 15 is 0 Å². The molecule has 2 aromatic carbocycles. The highest BCUT2D eigenvalue weighted by Crippen LogP contribution is 2.21. The normalized spacial score (nSPS) is 11.2. The van der Waals surface area contributed by atoms with Crippen LogP contribution in [0.1, 0.15) is 15.9 Å². The molecule has 0 saturated carbocycles. The highest BCUT2D eigenvalue weighted by atomic mass is 19.1. The van der Waals surface area contributed by atoms with Crippen molar-refractivity contribution in [2.75, 3.05) is 46.2 Å². The molecule has 0 bridgehead atoms. The van der Waals surface area contributed by atoms with Gasteiger partial charge in [-0.25, -0.2) is 4.39 Å². The number of carbonyl (C=O) groups is 1. The Labute approximate surface area is 154 Å². The lowest BCUT2D eigenvalue weighted by Crippen LogP contribution is -2.29. The molecule has 0 unspecified atom stereocenters. The molecule has 0 radical (unpaired) electrons. The summed E-state index contributed by atoms with van der Waals surface area (Å²) in [6.07, 6.45) is 2.90. The average molecular weight is 356 g/mol. The standard InChI is InChI=1S/C21H25FN2O2/c1-23(2)13-14-24(3)20-8-6-5-7-18(20)21(25)12-10-16-9-11-17(26-4)15-19(16)22/h5-12,15H,13-14H2,1-4H3/b12-10+. The molecule has 0 heterocycles. The van der Waals surface area contributed by atoms with E-state index in [1.54, 1.807) is 18.2 Å². The molecule has 2 rings (SSSR count). The number of allylic oxidation sites excluding steroid dienone is 1. The number of anilines is 1. The molecule has 138 valence electrons. The third-order valence-corrected chi connectivity index (χ3v) is 4.09. The number of likely N-dealkylation sites (N-methyl/N-ethyl adjacent to an activating group) is 2. The Morgan fingerprint density at radius 3 is 2.50 bits per heavy atom. The lowest BCUT2D eigenvalue weighted by Gasteiger charge is -2.23. The zero-order valence-electron chi connectivity index (χ0n) is 15.7. The zero-order chi connectivity index (χ0) is 19.1. The van der Waals surface area contributed by atoms with Crippen LogP contribution in [0.3, 0.4) is 0 Å². The number of para-hydroxylation sites is 1. The minimum atomic E-state index is -0.426. The molecule has 5 heteroatoms. The zero-order valence-corrected chi connectivity index (χ0v) is 15.7. The van der Waals surface area contributed by atoms with Crippen molar-refractivity contribution in [3.63, 3.8) is 0 Å². The number of hydrogen-bond acceptors (Lipinski definition) is 4. The molecule has 0 aliphatic carbocycles. The molecule has 0 atom stereocenters. The number of carbonyl (C=O) groups excluding carboxylic acids is 1. The van der Waals surface area contributed by atoms with Gasteiger partial charge in [0.25, 0.3) is 0 Å². The summed E-state index contributed by atoms with van der Waals surface area (Å²) < 4.78 is 19.0. The van der Waals surface area contributed by atoms with Gasteiger partial charge < -0.3 is 14.5 Å². The van der Waals surface area contributed by atoms with Crippen LogP contribution >= 0.6 is 0 Å². The molecule has 0 saturated heterocycles. The number of methoxy groups -OCH3 is 1. The van der Waals surface area contributed by atoms with Gasteiger partial charge in [0.15, 0.2) is 5.78 Å². The van der Waals surface area contributed by atoms with Crippen molar-refractivity contribution < 1.29 is 13.9 Å². The summed E-state index contributed by atoms with van der Waals surface area (Å²) in [7, 11) is 7.47. The van der Waals surface area contributed by atoms with Crippen LogP contribution < -0.4 is 9.64 Å². The van der Waals surface area contributed by atoms with Gasteiger partial charge in [0.1, 0.15) is 11.6 Å². The summed E-state index contributed by atoms with van der Waals surface area (Å²) in [5, 5.41) is 0.